The minimum atomic E-state index is -1.31. The van der Waals surface area contributed by atoms with Gasteiger partial charge >= 0.3 is 10.8 Å². The van der Waals surface area contributed by atoms with E-state index >= 15 is 0 Å². The lowest BCUT2D eigenvalue weighted by atomic mass is 9.96. The summed E-state index contributed by atoms with van der Waals surface area (Å²) in [6.45, 7) is 3.07. The number of thiazole rings is 1. The lowest BCUT2D eigenvalue weighted by molar-refractivity contribution is -0.307. The predicted octanol–water partition coefficient (Wildman–Crippen LogP) is -0.886. The number of hydrogen-bond donors (Lipinski definition) is 2. The van der Waals surface area contributed by atoms with Gasteiger partial charge in [-0.1, -0.05) is 18.3 Å². The van der Waals surface area contributed by atoms with Gasteiger partial charge in [-0.3, -0.25) is 23.9 Å². The number of carbonyl (C=O) groups is 2. The van der Waals surface area contributed by atoms with Crippen molar-refractivity contribution in [3.63, 3.8) is 0 Å². The molecule has 4 atom stereocenters. The van der Waals surface area contributed by atoms with Crippen LogP contribution in [0.5, 0.6) is 0 Å². The number of carboxylic acid groups (broad SMARTS) is 1. The molecule has 28 heavy (non-hydrogen) atoms. The predicted molar refractivity (Wildman–Crippen MR) is 96.4 cm³/mol. The van der Waals surface area contributed by atoms with Crippen LogP contribution in [0.4, 0.5) is 5.95 Å². The van der Waals surface area contributed by atoms with Crippen LogP contribution in [-0.4, -0.2) is 38.7 Å². The molecule has 152 valence electrons. The van der Waals surface area contributed by atoms with Crippen molar-refractivity contribution in [3.05, 3.63) is 20.0 Å². The van der Waals surface area contributed by atoms with Crippen molar-refractivity contribution in [2.45, 2.75) is 51.5 Å². The summed E-state index contributed by atoms with van der Waals surface area (Å²) in [5.41, 5.74) is 5.04. The lowest BCUT2D eigenvalue weighted by Gasteiger charge is -2.22. The number of anilines is 1. The highest BCUT2D eigenvalue weighted by molar-refractivity contribution is 7.16. The molecule has 1 saturated heterocycles. The molecule has 3 heterocycles. The molecule has 3 N–H and O–H groups in total. The van der Waals surface area contributed by atoms with Gasteiger partial charge in [-0.05, 0) is 19.3 Å². The van der Waals surface area contributed by atoms with Crippen LogP contribution in [0.15, 0.2) is 9.59 Å². The van der Waals surface area contributed by atoms with Gasteiger partial charge < -0.3 is 25.1 Å². The van der Waals surface area contributed by atoms with Crippen LogP contribution in [-0.2, 0) is 19.1 Å². The molecule has 2 aromatic rings. The Kier molecular flexibility index (Phi) is 5.52. The molecule has 1 fully saturated rings. The Hall–Kier alpha value is -2.73. The van der Waals surface area contributed by atoms with E-state index in [1.165, 1.54) is 6.92 Å². The number of hydrogen-bond acceptors (Lipinski definition) is 10. The van der Waals surface area contributed by atoms with E-state index in [1.807, 2.05) is 0 Å². The number of nitrogens with one attached hydrogen (secondary N) is 1. The van der Waals surface area contributed by atoms with Crippen LogP contribution in [0, 0.1) is 5.92 Å². The van der Waals surface area contributed by atoms with E-state index in [0.29, 0.717) is 17.8 Å². The summed E-state index contributed by atoms with van der Waals surface area (Å²) in [6, 6.07) is 0. The summed E-state index contributed by atoms with van der Waals surface area (Å²) in [6.07, 6.45) is -1.94. The molecular formula is C16H19N4O7S-. The fraction of sp³-hybridized carbons (Fsp3) is 0.562. The van der Waals surface area contributed by atoms with Gasteiger partial charge in [-0.25, -0.2) is 0 Å². The molecule has 11 nitrogen and oxygen atoms in total. The molecule has 2 aromatic heterocycles. The first-order valence-electron chi connectivity index (χ1n) is 8.64. The minimum Gasteiger partial charge on any atom is -0.550 e. The van der Waals surface area contributed by atoms with Crippen molar-refractivity contribution < 1.29 is 24.2 Å². The number of ether oxygens (including phenoxy) is 2. The molecule has 0 radical (unpaired) electrons. The van der Waals surface area contributed by atoms with E-state index < -0.39 is 46.7 Å². The number of rotatable bonds is 6. The number of carboxylic acids is 1. The molecule has 0 aliphatic carbocycles. The van der Waals surface area contributed by atoms with Gasteiger partial charge in [0, 0.05) is 18.8 Å². The maximum Gasteiger partial charge on any atom is 0.311 e. The first-order chi connectivity index (χ1) is 13.2. The first-order valence-corrected chi connectivity index (χ1v) is 9.46. The van der Waals surface area contributed by atoms with E-state index in [1.54, 1.807) is 6.92 Å². The monoisotopic (exact) mass is 411 g/mol. The third-order valence-corrected chi connectivity index (χ3v) is 5.51. The number of carbonyl (C=O) groups excluding carboxylic acids is 2. The fourth-order valence-corrected chi connectivity index (χ4v) is 4.32. The second-order valence-electron chi connectivity index (χ2n) is 6.54. The highest BCUT2D eigenvalue weighted by atomic mass is 32.1. The number of nitrogens with two attached hydrogens (primary N) is 1. The van der Waals surface area contributed by atoms with Gasteiger partial charge in [0.2, 0.25) is 5.95 Å². The first kappa shape index (κ1) is 20.0. The normalized spacial score (nSPS) is 23.0. The van der Waals surface area contributed by atoms with Crippen molar-refractivity contribution >= 4 is 39.6 Å². The average molecular weight is 411 g/mol. The summed E-state index contributed by atoms with van der Waals surface area (Å²) < 4.78 is 12.4. The Morgan fingerprint density at radius 1 is 1.50 bits per heavy atom. The summed E-state index contributed by atoms with van der Waals surface area (Å²) in [5, 5.41) is 11.2. The van der Waals surface area contributed by atoms with Crippen LogP contribution in [0.25, 0.3) is 10.3 Å². The number of nitrogens with zero attached hydrogens (tertiary/aromatic N) is 2. The maximum absolute atomic E-state index is 12.6. The standard InChI is InChI=1S/C16H20N4O7S/c1-3-8(26-6(2)21)9-4-7(5-10(22)23)14(27-9)20-12-11(28-16(20)25)13(24)19-15(17)18-12/h7-9,14H,3-5H2,1-2H3,(H,22,23)(H3,17,18,19,24)/p-1/t7-,8?,9+,14-/m1/s1. The molecule has 0 amide bonds. The molecule has 1 unspecified atom stereocenters. The number of fused-ring (bicyclic) bond motifs is 1. The largest absolute Gasteiger partial charge is 0.550 e. The summed E-state index contributed by atoms with van der Waals surface area (Å²) in [4.78, 5) is 53.0. The van der Waals surface area contributed by atoms with Crippen LogP contribution >= 0.6 is 11.3 Å². The van der Waals surface area contributed by atoms with E-state index in [4.69, 9.17) is 15.2 Å². The van der Waals surface area contributed by atoms with E-state index in [2.05, 4.69) is 9.97 Å². The second-order valence-corrected chi connectivity index (χ2v) is 7.50. The molecule has 1 aliphatic rings. The molecule has 0 saturated carbocycles. The van der Waals surface area contributed by atoms with Crippen LogP contribution in [0.1, 0.15) is 39.3 Å². The Bertz CT molecular complexity index is 1030. The molecule has 12 heteroatoms. The van der Waals surface area contributed by atoms with E-state index in [9.17, 15) is 24.3 Å². The lowest BCUT2D eigenvalue weighted by Crippen LogP contribution is -2.31. The SMILES string of the molecule is CCC(OC(C)=O)[C@@H]1C[C@H](CC(=O)[O-])[C@H](n2c(=O)sc3c(=O)[nH]c(N)nc32)O1. The number of esters is 1. The highest BCUT2D eigenvalue weighted by Gasteiger charge is 2.42. The molecule has 0 aromatic carbocycles. The molecular weight excluding hydrogens is 392 g/mol. The number of aliphatic carboxylic acids is 1. The molecule has 0 bridgehead atoms. The zero-order chi connectivity index (χ0) is 20.6. The average Bonchev–Trinajstić information content (AvgIpc) is 3.12. The minimum absolute atomic E-state index is 0.0192. The Balaban J connectivity index is 2.05. The van der Waals surface area contributed by atoms with Crippen molar-refractivity contribution in [2.24, 2.45) is 5.92 Å². The topological polar surface area (TPSA) is 169 Å². The summed E-state index contributed by atoms with van der Waals surface area (Å²) in [5.74, 6) is -2.62. The van der Waals surface area contributed by atoms with Crippen LogP contribution in [0.3, 0.4) is 0 Å². The van der Waals surface area contributed by atoms with Crippen molar-refractivity contribution in [2.75, 3.05) is 5.73 Å². The van der Waals surface area contributed by atoms with Gasteiger partial charge in [-0.2, -0.15) is 4.98 Å². The number of H-pyrrole nitrogens is 1. The Labute approximate surface area is 162 Å². The third-order valence-electron chi connectivity index (χ3n) is 4.56. The van der Waals surface area contributed by atoms with Crippen molar-refractivity contribution in [1.82, 2.24) is 14.5 Å². The van der Waals surface area contributed by atoms with Gasteiger partial charge in [0.05, 0.1) is 6.10 Å². The zero-order valence-electron chi connectivity index (χ0n) is 15.2. The highest BCUT2D eigenvalue weighted by Crippen LogP contribution is 2.39. The smallest absolute Gasteiger partial charge is 0.311 e. The Morgan fingerprint density at radius 3 is 2.82 bits per heavy atom. The van der Waals surface area contributed by atoms with Crippen molar-refractivity contribution in [1.29, 1.82) is 0 Å². The van der Waals surface area contributed by atoms with Gasteiger partial charge in [0.15, 0.2) is 5.65 Å². The maximum atomic E-state index is 12.6. The molecule has 0 spiro atoms. The molecule has 1 aliphatic heterocycles. The quantitative estimate of drug-likeness (QED) is 0.573. The number of aromatic nitrogens is 3. The van der Waals surface area contributed by atoms with E-state index in [0.717, 1.165) is 4.57 Å². The third kappa shape index (κ3) is 3.78. The fourth-order valence-electron chi connectivity index (χ4n) is 3.48. The molecule has 3 rings (SSSR count). The van der Waals surface area contributed by atoms with Crippen LogP contribution in [0.2, 0.25) is 0 Å². The summed E-state index contributed by atoms with van der Waals surface area (Å²) in [7, 11) is 0. The van der Waals surface area contributed by atoms with Gasteiger partial charge in [0.25, 0.3) is 5.56 Å². The second kappa shape index (κ2) is 7.72. The van der Waals surface area contributed by atoms with Crippen LogP contribution < -0.4 is 21.3 Å². The Morgan fingerprint density at radius 2 is 2.21 bits per heavy atom. The van der Waals surface area contributed by atoms with Gasteiger partial charge in [-0.15, -0.1) is 0 Å². The number of nitrogen functional groups attached to an aromatic ring is 1. The summed E-state index contributed by atoms with van der Waals surface area (Å²) >= 11 is 0.665. The van der Waals surface area contributed by atoms with Crippen molar-refractivity contribution in [3.8, 4) is 0 Å². The number of aromatic amines is 1. The zero-order valence-corrected chi connectivity index (χ0v) is 16.0. The van der Waals surface area contributed by atoms with E-state index in [-0.39, 0.29) is 29.1 Å². The van der Waals surface area contributed by atoms with Gasteiger partial charge in [0.1, 0.15) is 17.0 Å².